The van der Waals surface area contributed by atoms with Gasteiger partial charge in [-0.05, 0) is 12.1 Å². The SMILES string of the molecule is O=C1NCC(CSc2nnc(CNc3ccccc3)o2)O1. The number of para-hydroxylation sites is 1. The summed E-state index contributed by atoms with van der Waals surface area (Å²) in [5.41, 5.74) is 0.994. The van der Waals surface area contributed by atoms with Gasteiger partial charge in [0.05, 0.1) is 13.1 Å². The number of nitrogens with one attached hydrogen (secondary N) is 2. The lowest BCUT2D eigenvalue weighted by molar-refractivity contribution is 0.150. The van der Waals surface area contributed by atoms with E-state index in [9.17, 15) is 4.79 Å². The predicted molar refractivity (Wildman–Crippen MR) is 77.1 cm³/mol. The Morgan fingerprint density at radius 3 is 2.95 bits per heavy atom. The van der Waals surface area contributed by atoms with Crippen molar-refractivity contribution in [1.29, 1.82) is 0 Å². The number of carbonyl (C=O) groups excluding carboxylic acids is 1. The van der Waals surface area contributed by atoms with Gasteiger partial charge < -0.3 is 19.8 Å². The number of anilines is 1. The van der Waals surface area contributed by atoms with Crippen molar-refractivity contribution in [3.63, 3.8) is 0 Å². The topological polar surface area (TPSA) is 89.3 Å². The number of hydrogen-bond donors (Lipinski definition) is 2. The molecule has 2 aromatic rings. The normalized spacial score (nSPS) is 17.3. The van der Waals surface area contributed by atoms with Crippen LogP contribution in [0, 0.1) is 0 Å². The summed E-state index contributed by atoms with van der Waals surface area (Å²) in [6.07, 6.45) is -0.529. The third-order valence-corrected chi connectivity index (χ3v) is 3.76. The fraction of sp³-hybridized carbons (Fsp3) is 0.308. The van der Waals surface area contributed by atoms with Crippen LogP contribution < -0.4 is 10.6 Å². The lowest BCUT2D eigenvalue weighted by atomic mass is 10.3. The van der Waals surface area contributed by atoms with Gasteiger partial charge in [-0.25, -0.2) is 4.79 Å². The second-order valence-electron chi connectivity index (χ2n) is 4.40. The number of cyclic esters (lactones) is 1. The number of amides is 1. The molecule has 8 heteroatoms. The van der Waals surface area contributed by atoms with Crippen LogP contribution in [-0.4, -0.2) is 34.7 Å². The van der Waals surface area contributed by atoms with Crippen molar-refractivity contribution in [2.75, 3.05) is 17.6 Å². The standard InChI is InChI=1S/C13H14N4O3S/c18-12-15-6-10(19-12)8-21-13-17-16-11(20-13)7-14-9-4-2-1-3-5-9/h1-5,10,14H,6-8H2,(H,15,18). The molecule has 1 aromatic carbocycles. The summed E-state index contributed by atoms with van der Waals surface area (Å²) in [5.74, 6) is 1.11. The highest BCUT2D eigenvalue weighted by molar-refractivity contribution is 7.99. The maximum atomic E-state index is 10.9. The van der Waals surface area contributed by atoms with Gasteiger partial charge in [0, 0.05) is 11.4 Å². The summed E-state index contributed by atoms with van der Waals surface area (Å²) in [6.45, 7) is 0.986. The molecule has 1 aromatic heterocycles. The lowest BCUT2D eigenvalue weighted by Gasteiger charge is -2.04. The van der Waals surface area contributed by atoms with Gasteiger partial charge in [-0.2, -0.15) is 0 Å². The van der Waals surface area contributed by atoms with Crippen LogP contribution in [0.1, 0.15) is 5.89 Å². The van der Waals surface area contributed by atoms with Gasteiger partial charge in [-0.1, -0.05) is 30.0 Å². The number of hydrogen-bond acceptors (Lipinski definition) is 7. The maximum Gasteiger partial charge on any atom is 0.407 e. The van der Waals surface area contributed by atoms with Gasteiger partial charge in [0.25, 0.3) is 5.22 Å². The number of alkyl carbamates (subject to hydrolysis) is 1. The molecule has 2 N–H and O–H groups in total. The molecule has 1 saturated heterocycles. The monoisotopic (exact) mass is 306 g/mol. The second kappa shape index (κ2) is 6.49. The van der Waals surface area contributed by atoms with E-state index in [1.807, 2.05) is 30.3 Å². The highest BCUT2D eigenvalue weighted by atomic mass is 32.2. The summed E-state index contributed by atoms with van der Waals surface area (Å²) in [5, 5.41) is 14.2. The van der Waals surface area contributed by atoms with Gasteiger partial charge in [-0.15, -0.1) is 10.2 Å². The van der Waals surface area contributed by atoms with E-state index < -0.39 is 0 Å². The zero-order chi connectivity index (χ0) is 14.5. The Morgan fingerprint density at radius 2 is 2.19 bits per heavy atom. The quantitative estimate of drug-likeness (QED) is 0.788. The first kappa shape index (κ1) is 13.7. The Balaban J connectivity index is 1.46. The molecule has 3 rings (SSSR count). The third kappa shape index (κ3) is 3.88. The second-order valence-corrected chi connectivity index (χ2v) is 5.37. The van der Waals surface area contributed by atoms with Crippen LogP contribution in [0.25, 0.3) is 0 Å². The zero-order valence-corrected chi connectivity index (χ0v) is 11.9. The fourth-order valence-electron chi connectivity index (χ4n) is 1.79. The number of carbonyl (C=O) groups is 1. The Bertz CT molecular complexity index is 604. The highest BCUT2D eigenvalue weighted by Gasteiger charge is 2.23. The minimum atomic E-state index is -0.376. The number of benzene rings is 1. The van der Waals surface area contributed by atoms with E-state index >= 15 is 0 Å². The van der Waals surface area contributed by atoms with E-state index in [0.29, 0.717) is 30.0 Å². The van der Waals surface area contributed by atoms with E-state index in [-0.39, 0.29) is 12.2 Å². The summed E-state index contributed by atoms with van der Waals surface area (Å²) < 4.78 is 10.5. The van der Waals surface area contributed by atoms with Gasteiger partial charge in [0.2, 0.25) is 5.89 Å². The lowest BCUT2D eigenvalue weighted by Crippen LogP contribution is -2.16. The molecule has 1 atom stereocenters. The largest absolute Gasteiger partial charge is 0.443 e. The van der Waals surface area contributed by atoms with E-state index in [0.717, 1.165) is 5.69 Å². The molecule has 0 aliphatic carbocycles. The van der Waals surface area contributed by atoms with Crippen molar-refractivity contribution in [3.05, 3.63) is 36.2 Å². The predicted octanol–water partition coefficient (Wildman–Crippen LogP) is 1.88. The Labute approximate surface area is 125 Å². The first-order valence-electron chi connectivity index (χ1n) is 6.48. The zero-order valence-electron chi connectivity index (χ0n) is 11.1. The smallest absolute Gasteiger partial charge is 0.407 e. The van der Waals surface area contributed by atoms with Crippen molar-refractivity contribution in [3.8, 4) is 0 Å². The molecule has 1 fully saturated rings. The Hall–Kier alpha value is -2.22. The third-order valence-electron chi connectivity index (χ3n) is 2.81. The highest BCUT2D eigenvalue weighted by Crippen LogP contribution is 2.19. The maximum absolute atomic E-state index is 10.9. The summed E-state index contributed by atoms with van der Waals surface area (Å²) >= 11 is 1.38. The van der Waals surface area contributed by atoms with Crippen LogP contribution in [0.15, 0.2) is 40.0 Å². The minimum absolute atomic E-state index is 0.153. The van der Waals surface area contributed by atoms with Crippen LogP contribution in [-0.2, 0) is 11.3 Å². The minimum Gasteiger partial charge on any atom is -0.443 e. The molecule has 7 nitrogen and oxygen atoms in total. The summed E-state index contributed by atoms with van der Waals surface area (Å²) in [4.78, 5) is 10.9. The van der Waals surface area contributed by atoms with E-state index in [4.69, 9.17) is 9.15 Å². The van der Waals surface area contributed by atoms with Gasteiger partial charge in [-0.3, -0.25) is 0 Å². The molecule has 2 heterocycles. The van der Waals surface area contributed by atoms with E-state index in [1.54, 1.807) is 0 Å². The molecular formula is C13H14N4O3S. The van der Waals surface area contributed by atoms with E-state index in [1.165, 1.54) is 11.8 Å². The van der Waals surface area contributed by atoms with Crippen molar-refractivity contribution in [1.82, 2.24) is 15.5 Å². The molecule has 0 spiro atoms. The van der Waals surface area contributed by atoms with Crippen LogP contribution >= 0.6 is 11.8 Å². The molecule has 1 unspecified atom stereocenters. The first-order valence-corrected chi connectivity index (χ1v) is 7.47. The van der Waals surface area contributed by atoms with Crippen LogP contribution in [0.3, 0.4) is 0 Å². The number of aromatic nitrogens is 2. The van der Waals surface area contributed by atoms with Crippen molar-refractivity contribution in [2.24, 2.45) is 0 Å². The first-order chi connectivity index (χ1) is 10.3. The van der Waals surface area contributed by atoms with Gasteiger partial charge in [0.1, 0.15) is 6.10 Å². The summed E-state index contributed by atoms with van der Waals surface area (Å²) in [7, 11) is 0. The number of rotatable bonds is 6. The van der Waals surface area contributed by atoms with Crippen LogP contribution in [0.5, 0.6) is 0 Å². The molecule has 1 aliphatic rings. The average molecular weight is 306 g/mol. The van der Waals surface area contributed by atoms with Crippen LogP contribution in [0.2, 0.25) is 0 Å². The Kier molecular flexibility index (Phi) is 4.25. The number of thioether (sulfide) groups is 1. The van der Waals surface area contributed by atoms with Crippen molar-refractivity contribution >= 4 is 23.5 Å². The molecule has 1 aliphatic heterocycles. The molecular weight excluding hydrogens is 292 g/mol. The van der Waals surface area contributed by atoms with Crippen molar-refractivity contribution in [2.45, 2.75) is 17.9 Å². The average Bonchev–Trinajstić information content (AvgIpc) is 3.13. The number of ether oxygens (including phenoxy) is 1. The molecule has 0 radical (unpaired) electrons. The summed E-state index contributed by atoms with van der Waals surface area (Å²) in [6, 6.07) is 9.79. The molecule has 0 bridgehead atoms. The number of nitrogens with zero attached hydrogens (tertiary/aromatic N) is 2. The molecule has 110 valence electrons. The molecule has 21 heavy (non-hydrogen) atoms. The molecule has 0 saturated carbocycles. The van der Waals surface area contributed by atoms with E-state index in [2.05, 4.69) is 20.8 Å². The fourth-order valence-corrected chi connectivity index (χ4v) is 2.56. The molecule has 1 amide bonds. The van der Waals surface area contributed by atoms with Crippen LogP contribution in [0.4, 0.5) is 10.5 Å². The van der Waals surface area contributed by atoms with Gasteiger partial charge in [0.15, 0.2) is 0 Å². The Morgan fingerprint density at radius 1 is 1.33 bits per heavy atom. The van der Waals surface area contributed by atoms with Gasteiger partial charge >= 0.3 is 6.09 Å². The van der Waals surface area contributed by atoms with Crippen molar-refractivity contribution < 1.29 is 13.9 Å².